The zero-order valence-corrected chi connectivity index (χ0v) is 16.0. The molecule has 1 aromatic heterocycles. The van der Waals surface area contributed by atoms with E-state index in [9.17, 15) is 4.79 Å². The maximum absolute atomic E-state index is 12.6. The molecule has 1 heterocycles. The molecule has 3 rings (SSSR count). The number of carbonyl (C=O) groups excluding carboxylic acids is 1. The van der Waals surface area contributed by atoms with Crippen LogP contribution in [0.5, 0.6) is 11.5 Å². The highest BCUT2D eigenvalue weighted by molar-refractivity contribution is 6.33. The van der Waals surface area contributed by atoms with Crippen LogP contribution in [-0.2, 0) is 0 Å². The van der Waals surface area contributed by atoms with E-state index in [2.05, 4.69) is 15.5 Å². The maximum atomic E-state index is 12.6. The molecule has 0 aliphatic rings. The van der Waals surface area contributed by atoms with Gasteiger partial charge >= 0.3 is 0 Å². The summed E-state index contributed by atoms with van der Waals surface area (Å²) in [5.41, 5.74) is 2.64. The van der Waals surface area contributed by atoms with Crippen LogP contribution in [0.1, 0.15) is 29.0 Å². The number of rotatable bonds is 6. The molecule has 0 bridgehead atoms. The van der Waals surface area contributed by atoms with Crippen molar-refractivity contribution in [2.75, 3.05) is 14.2 Å². The Bertz CT molecular complexity index is 955. The van der Waals surface area contributed by atoms with Crippen molar-refractivity contribution in [3.63, 3.8) is 0 Å². The van der Waals surface area contributed by atoms with Crippen LogP contribution in [0.25, 0.3) is 11.3 Å². The van der Waals surface area contributed by atoms with Gasteiger partial charge in [-0.25, -0.2) is 0 Å². The predicted octanol–water partition coefficient (Wildman–Crippen LogP) is 4.24. The van der Waals surface area contributed by atoms with Crippen LogP contribution >= 0.6 is 11.6 Å². The molecule has 3 aromatic rings. The summed E-state index contributed by atoms with van der Waals surface area (Å²) in [4.78, 5) is 12.6. The van der Waals surface area contributed by atoms with Gasteiger partial charge in [-0.15, -0.1) is 0 Å². The third kappa shape index (κ3) is 4.06. The van der Waals surface area contributed by atoms with E-state index in [-0.39, 0.29) is 11.9 Å². The summed E-state index contributed by atoms with van der Waals surface area (Å²) in [5, 5.41) is 10.5. The van der Waals surface area contributed by atoms with Gasteiger partial charge in [0.2, 0.25) is 0 Å². The van der Waals surface area contributed by atoms with Crippen LogP contribution in [-0.4, -0.2) is 30.3 Å². The number of nitrogens with one attached hydrogen (secondary N) is 2. The van der Waals surface area contributed by atoms with E-state index in [1.165, 1.54) is 0 Å². The molecule has 0 saturated heterocycles. The molecular formula is C20H20ClN3O3. The third-order valence-electron chi connectivity index (χ3n) is 4.23. The van der Waals surface area contributed by atoms with E-state index >= 15 is 0 Å². The van der Waals surface area contributed by atoms with Crippen molar-refractivity contribution in [1.29, 1.82) is 0 Å². The summed E-state index contributed by atoms with van der Waals surface area (Å²) in [5.74, 6) is 0.986. The molecule has 1 unspecified atom stereocenters. The number of hydrogen-bond acceptors (Lipinski definition) is 4. The first-order chi connectivity index (χ1) is 13.0. The highest BCUT2D eigenvalue weighted by Gasteiger charge is 2.17. The molecule has 1 atom stereocenters. The number of hydrogen-bond donors (Lipinski definition) is 2. The summed E-state index contributed by atoms with van der Waals surface area (Å²) < 4.78 is 10.6. The Balaban J connectivity index is 1.75. The monoisotopic (exact) mass is 385 g/mol. The molecule has 0 aliphatic heterocycles. The van der Waals surface area contributed by atoms with Crippen LogP contribution in [0.15, 0.2) is 48.5 Å². The lowest BCUT2D eigenvalue weighted by atomic mass is 10.1. The van der Waals surface area contributed by atoms with Crippen molar-refractivity contribution < 1.29 is 14.3 Å². The summed E-state index contributed by atoms with van der Waals surface area (Å²) in [6, 6.07) is 14.3. The van der Waals surface area contributed by atoms with Crippen molar-refractivity contribution in [2.24, 2.45) is 0 Å². The van der Waals surface area contributed by atoms with Gasteiger partial charge in [0.1, 0.15) is 5.69 Å². The smallest absolute Gasteiger partial charge is 0.269 e. The number of H-pyrrole nitrogens is 1. The largest absolute Gasteiger partial charge is 0.493 e. The lowest BCUT2D eigenvalue weighted by molar-refractivity contribution is 0.0934. The van der Waals surface area contributed by atoms with Crippen molar-refractivity contribution >= 4 is 17.5 Å². The van der Waals surface area contributed by atoms with E-state index < -0.39 is 0 Å². The maximum Gasteiger partial charge on any atom is 0.269 e. The zero-order valence-electron chi connectivity index (χ0n) is 15.2. The molecule has 2 aromatic carbocycles. The highest BCUT2D eigenvalue weighted by atomic mass is 35.5. The molecule has 7 heteroatoms. The highest BCUT2D eigenvalue weighted by Crippen LogP contribution is 2.30. The van der Waals surface area contributed by atoms with Gasteiger partial charge in [-0.2, -0.15) is 5.10 Å². The fourth-order valence-corrected chi connectivity index (χ4v) is 2.96. The summed E-state index contributed by atoms with van der Waals surface area (Å²) in [7, 11) is 3.16. The summed E-state index contributed by atoms with van der Waals surface area (Å²) in [6.07, 6.45) is 0. The van der Waals surface area contributed by atoms with Crippen LogP contribution in [0.3, 0.4) is 0 Å². The minimum Gasteiger partial charge on any atom is -0.493 e. The van der Waals surface area contributed by atoms with Gasteiger partial charge in [0.05, 0.1) is 31.0 Å². The number of amides is 1. The first kappa shape index (κ1) is 18.8. The van der Waals surface area contributed by atoms with Gasteiger partial charge in [-0.05, 0) is 36.8 Å². The van der Waals surface area contributed by atoms with Crippen molar-refractivity contribution in [1.82, 2.24) is 15.5 Å². The van der Waals surface area contributed by atoms with E-state index in [0.717, 1.165) is 11.1 Å². The summed E-state index contributed by atoms with van der Waals surface area (Å²) >= 11 is 6.19. The molecule has 0 saturated carbocycles. The number of aromatic amines is 1. The fourth-order valence-electron chi connectivity index (χ4n) is 2.72. The first-order valence-corrected chi connectivity index (χ1v) is 8.74. The van der Waals surface area contributed by atoms with Gasteiger partial charge in [0.15, 0.2) is 11.5 Å². The normalized spacial score (nSPS) is 11.7. The molecule has 140 valence electrons. The van der Waals surface area contributed by atoms with Crippen LogP contribution in [0, 0.1) is 0 Å². The Morgan fingerprint density at radius 2 is 1.85 bits per heavy atom. The van der Waals surface area contributed by atoms with Gasteiger partial charge in [-0.3, -0.25) is 9.89 Å². The minimum absolute atomic E-state index is 0.232. The standard InChI is InChI=1S/C20H20ClN3O3/c1-12(13-8-9-18(26-2)19(10-13)27-3)22-20(25)17-11-16(23-24-17)14-6-4-5-7-15(14)21/h4-12H,1-3H3,(H,22,25)(H,23,24). The average Bonchev–Trinajstić information content (AvgIpc) is 3.17. The number of aromatic nitrogens is 2. The molecule has 0 aliphatic carbocycles. The zero-order chi connectivity index (χ0) is 19.4. The Kier molecular flexibility index (Phi) is 5.66. The minimum atomic E-state index is -0.261. The molecule has 0 spiro atoms. The number of methoxy groups -OCH3 is 2. The number of benzene rings is 2. The Hall–Kier alpha value is -2.99. The van der Waals surface area contributed by atoms with Crippen molar-refractivity contribution in [3.05, 3.63) is 64.8 Å². The quantitative estimate of drug-likeness (QED) is 0.665. The van der Waals surface area contributed by atoms with Crippen LogP contribution in [0.4, 0.5) is 0 Å². The molecule has 1 amide bonds. The topological polar surface area (TPSA) is 76.2 Å². The Morgan fingerprint density at radius 1 is 1.11 bits per heavy atom. The molecular weight excluding hydrogens is 366 g/mol. The molecule has 0 radical (unpaired) electrons. The van der Waals surface area contributed by atoms with Gasteiger partial charge < -0.3 is 14.8 Å². The molecule has 0 fully saturated rings. The van der Waals surface area contributed by atoms with E-state index in [1.54, 1.807) is 26.4 Å². The SMILES string of the molecule is COc1ccc(C(C)NC(=O)c2cc(-c3ccccc3Cl)n[nH]2)cc1OC. The number of halogens is 1. The van der Waals surface area contributed by atoms with E-state index in [1.807, 2.05) is 43.3 Å². The number of nitrogens with zero attached hydrogens (tertiary/aromatic N) is 1. The second-order valence-electron chi connectivity index (χ2n) is 5.96. The average molecular weight is 386 g/mol. The molecule has 27 heavy (non-hydrogen) atoms. The Morgan fingerprint density at radius 3 is 2.56 bits per heavy atom. The second kappa shape index (κ2) is 8.14. The molecule has 6 nitrogen and oxygen atoms in total. The lowest BCUT2D eigenvalue weighted by Gasteiger charge is -2.16. The molecule has 2 N–H and O–H groups in total. The van der Waals surface area contributed by atoms with Gasteiger partial charge in [0, 0.05) is 5.56 Å². The fraction of sp³-hybridized carbons (Fsp3) is 0.200. The van der Waals surface area contributed by atoms with E-state index in [4.69, 9.17) is 21.1 Å². The number of carbonyl (C=O) groups is 1. The number of ether oxygens (including phenoxy) is 2. The van der Waals surface area contributed by atoms with Crippen LogP contribution in [0.2, 0.25) is 5.02 Å². The third-order valence-corrected chi connectivity index (χ3v) is 4.56. The van der Waals surface area contributed by atoms with Gasteiger partial charge in [0.25, 0.3) is 5.91 Å². The second-order valence-corrected chi connectivity index (χ2v) is 6.36. The van der Waals surface area contributed by atoms with Crippen molar-refractivity contribution in [2.45, 2.75) is 13.0 Å². The summed E-state index contributed by atoms with van der Waals surface area (Å²) in [6.45, 7) is 1.89. The predicted molar refractivity (Wildman–Crippen MR) is 104 cm³/mol. The van der Waals surface area contributed by atoms with Crippen LogP contribution < -0.4 is 14.8 Å². The Labute approximate surface area is 162 Å². The first-order valence-electron chi connectivity index (χ1n) is 8.36. The van der Waals surface area contributed by atoms with Crippen molar-refractivity contribution in [3.8, 4) is 22.8 Å². The van der Waals surface area contributed by atoms with Gasteiger partial charge in [-0.1, -0.05) is 35.9 Å². The van der Waals surface area contributed by atoms with E-state index in [0.29, 0.717) is 27.9 Å². The lowest BCUT2D eigenvalue weighted by Crippen LogP contribution is -2.27.